The van der Waals surface area contributed by atoms with Crippen LogP contribution in [0.15, 0.2) is 0 Å². The van der Waals surface area contributed by atoms with Crippen molar-refractivity contribution in [3.63, 3.8) is 0 Å². The van der Waals surface area contributed by atoms with Gasteiger partial charge in [0.2, 0.25) is 0 Å². The van der Waals surface area contributed by atoms with E-state index in [0.29, 0.717) is 6.10 Å². The number of rotatable bonds is 9. The third kappa shape index (κ3) is 6.21. The molecule has 1 heterocycles. The molecule has 4 heteroatoms. The lowest BCUT2D eigenvalue weighted by Crippen LogP contribution is -2.41. The van der Waals surface area contributed by atoms with E-state index in [1.165, 1.54) is 6.42 Å². The highest BCUT2D eigenvalue weighted by Gasteiger charge is 2.22. The molecule has 1 N–H and O–H groups in total. The Morgan fingerprint density at radius 2 is 2.05 bits per heavy atom. The first-order valence-electron chi connectivity index (χ1n) is 8.05. The number of unbranched alkanes of at least 4 members (excludes halogenated alkanes) is 1. The van der Waals surface area contributed by atoms with E-state index in [1.54, 1.807) is 0 Å². The zero-order valence-electron chi connectivity index (χ0n) is 13.5. The van der Waals surface area contributed by atoms with Crippen LogP contribution in [0.1, 0.15) is 52.4 Å². The van der Waals surface area contributed by atoms with Crippen molar-refractivity contribution in [1.82, 2.24) is 10.2 Å². The average molecular weight is 281 g/mol. The van der Waals surface area contributed by atoms with Gasteiger partial charge in [0.05, 0.1) is 12.2 Å². The molecular formula is C16H31N3O. The topological polar surface area (TPSA) is 48.3 Å². The van der Waals surface area contributed by atoms with Crippen LogP contribution >= 0.6 is 0 Å². The number of nitrogens with zero attached hydrogens (tertiary/aromatic N) is 2. The highest BCUT2D eigenvalue weighted by Crippen LogP contribution is 2.16. The predicted octanol–water partition coefficient (Wildman–Crippen LogP) is 2.55. The first-order chi connectivity index (χ1) is 9.63. The van der Waals surface area contributed by atoms with Crippen LogP contribution in [0.4, 0.5) is 0 Å². The molecule has 0 spiro atoms. The van der Waals surface area contributed by atoms with Gasteiger partial charge < -0.3 is 9.64 Å². The van der Waals surface area contributed by atoms with Gasteiger partial charge in [-0.2, -0.15) is 5.26 Å². The first-order valence-corrected chi connectivity index (χ1v) is 8.05. The van der Waals surface area contributed by atoms with Gasteiger partial charge in [-0.1, -0.05) is 6.92 Å². The van der Waals surface area contributed by atoms with Crippen molar-refractivity contribution in [2.24, 2.45) is 0 Å². The van der Waals surface area contributed by atoms with Crippen LogP contribution in [0.5, 0.6) is 0 Å². The van der Waals surface area contributed by atoms with Gasteiger partial charge in [-0.15, -0.1) is 0 Å². The number of ether oxygens (including phenoxy) is 1. The van der Waals surface area contributed by atoms with Crippen molar-refractivity contribution in [2.75, 3.05) is 33.3 Å². The second-order valence-electron chi connectivity index (χ2n) is 6.10. The van der Waals surface area contributed by atoms with Crippen LogP contribution in [0, 0.1) is 11.3 Å². The molecule has 0 bridgehead atoms. The van der Waals surface area contributed by atoms with E-state index in [9.17, 15) is 5.26 Å². The molecule has 0 aromatic carbocycles. The van der Waals surface area contributed by atoms with E-state index in [0.717, 1.165) is 58.3 Å². The van der Waals surface area contributed by atoms with Gasteiger partial charge in [-0.05, 0) is 58.5 Å². The number of likely N-dealkylation sites (tertiary alicyclic amines) is 1. The lowest BCUT2D eigenvalue weighted by molar-refractivity contribution is 0.0406. The Bertz CT molecular complexity index is 295. The maximum atomic E-state index is 9.28. The van der Waals surface area contributed by atoms with Crippen LogP contribution in [0.25, 0.3) is 0 Å². The Kier molecular flexibility index (Phi) is 8.13. The zero-order chi connectivity index (χ0) is 14.8. The summed E-state index contributed by atoms with van der Waals surface area (Å²) in [5.74, 6) is 0. The smallest absolute Gasteiger partial charge is 0.103 e. The number of methoxy groups -OCH3 is 1. The molecule has 0 radical (unpaired) electrons. The zero-order valence-corrected chi connectivity index (χ0v) is 13.5. The normalized spacial score (nSPS) is 20.5. The molecule has 4 nitrogen and oxygen atoms in total. The van der Waals surface area contributed by atoms with Crippen molar-refractivity contribution in [2.45, 2.75) is 64.0 Å². The van der Waals surface area contributed by atoms with Gasteiger partial charge in [0.15, 0.2) is 0 Å². The second kappa shape index (κ2) is 9.33. The lowest BCUT2D eigenvalue weighted by atomic mass is 9.96. The van der Waals surface area contributed by atoms with Crippen molar-refractivity contribution < 1.29 is 4.74 Å². The van der Waals surface area contributed by atoms with Crippen LogP contribution in [0.2, 0.25) is 0 Å². The Labute approximate surface area is 124 Å². The summed E-state index contributed by atoms with van der Waals surface area (Å²) in [6, 6.07) is 2.42. The summed E-state index contributed by atoms with van der Waals surface area (Å²) in [6.07, 6.45) is 7.10. The monoisotopic (exact) mass is 281 g/mol. The summed E-state index contributed by atoms with van der Waals surface area (Å²) in [7, 11) is 1.81. The molecule has 0 amide bonds. The molecule has 0 aromatic heterocycles. The SMILES string of the molecule is CCCNC(C)(C#N)CCCCN1CCC(OC)CC1. The van der Waals surface area contributed by atoms with E-state index < -0.39 is 0 Å². The Hall–Kier alpha value is -0.630. The van der Waals surface area contributed by atoms with Gasteiger partial charge in [0, 0.05) is 20.2 Å². The molecule has 1 fully saturated rings. The quantitative estimate of drug-likeness (QED) is 0.660. The summed E-state index contributed by atoms with van der Waals surface area (Å²) in [6.45, 7) is 8.55. The van der Waals surface area contributed by atoms with E-state index in [1.807, 2.05) is 14.0 Å². The third-order valence-corrected chi connectivity index (χ3v) is 4.28. The molecule has 1 aliphatic rings. The van der Waals surface area contributed by atoms with Crippen molar-refractivity contribution >= 4 is 0 Å². The van der Waals surface area contributed by atoms with E-state index in [2.05, 4.69) is 23.2 Å². The number of nitriles is 1. The highest BCUT2D eigenvalue weighted by molar-refractivity contribution is 5.03. The summed E-state index contributed by atoms with van der Waals surface area (Å²) in [5, 5.41) is 12.6. The number of nitrogens with one attached hydrogen (secondary N) is 1. The maximum Gasteiger partial charge on any atom is 0.103 e. The minimum absolute atomic E-state index is 0.348. The Balaban J connectivity index is 2.13. The van der Waals surface area contributed by atoms with E-state index >= 15 is 0 Å². The van der Waals surface area contributed by atoms with Gasteiger partial charge >= 0.3 is 0 Å². The maximum absolute atomic E-state index is 9.28. The molecule has 1 unspecified atom stereocenters. The van der Waals surface area contributed by atoms with Gasteiger partial charge in [-0.25, -0.2) is 0 Å². The van der Waals surface area contributed by atoms with Crippen LogP contribution in [-0.4, -0.2) is 49.8 Å². The lowest BCUT2D eigenvalue weighted by Gasteiger charge is -2.31. The molecule has 116 valence electrons. The molecule has 1 atom stereocenters. The van der Waals surface area contributed by atoms with E-state index in [4.69, 9.17) is 4.74 Å². The fourth-order valence-electron chi connectivity index (χ4n) is 2.77. The first kappa shape index (κ1) is 17.4. The number of hydrogen-bond acceptors (Lipinski definition) is 4. The van der Waals surface area contributed by atoms with Crippen molar-refractivity contribution in [3.05, 3.63) is 0 Å². The Morgan fingerprint density at radius 1 is 1.35 bits per heavy atom. The van der Waals surface area contributed by atoms with Crippen molar-refractivity contribution in [1.29, 1.82) is 5.26 Å². The summed E-state index contributed by atoms with van der Waals surface area (Å²) >= 11 is 0. The fraction of sp³-hybridized carbons (Fsp3) is 0.938. The number of hydrogen-bond donors (Lipinski definition) is 1. The predicted molar refractivity (Wildman–Crippen MR) is 82.6 cm³/mol. The second-order valence-corrected chi connectivity index (χ2v) is 6.10. The van der Waals surface area contributed by atoms with Gasteiger partial charge in [0.1, 0.15) is 5.54 Å². The average Bonchev–Trinajstić information content (AvgIpc) is 2.50. The third-order valence-electron chi connectivity index (χ3n) is 4.28. The Morgan fingerprint density at radius 3 is 2.60 bits per heavy atom. The minimum atomic E-state index is -0.348. The van der Waals surface area contributed by atoms with Crippen molar-refractivity contribution in [3.8, 4) is 6.07 Å². The minimum Gasteiger partial charge on any atom is -0.381 e. The van der Waals surface area contributed by atoms with Gasteiger partial charge in [-0.3, -0.25) is 5.32 Å². The van der Waals surface area contributed by atoms with Crippen LogP contribution < -0.4 is 5.32 Å². The van der Waals surface area contributed by atoms with Crippen LogP contribution in [0.3, 0.4) is 0 Å². The molecule has 0 aliphatic carbocycles. The molecule has 1 rings (SSSR count). The summed E-state index contributed by atoms with van der Waals surface area (Å²) in [4.78, 5) is 2.53. The molecule has 0 saturated carbocycles. The summed E-state index contributed by atoms with van der Waals surface area (Å²) < 4.78 is 5.39. The highest BCUT2D eigenvalue weighted by atomic mass is 16.5. The molecular weight excluding hydrogens is 250 g/mol. The molecule has 20 heavy (non-hydrogen) atoms. The van der Waals surface area contributed by atoms with E-state index in [-0.39, 0.29) is 5.54 Å². The largest absolute Gasteiger partial charge is 0.381 e. The molecule has 1 saturated heterocycles. The van der Waals surface area contributed by atoms with Gasteiger partial charge in [0.25, 0.3) is 0 Å². The number of piperidine rings is 1. The molecule has 1 aliphatic heterocycles. The standard InChI is InChI=1S/C16H31N3O/c1-4-10-18-16(2,14-17)9-5-6-11-19-12-7-15(20-3)8-13-19/h15,18H,4-13H2,1-3H3. The van der Waals surface area contributed by atoms with Crippen LogP contribution in [-0.2, 0) is 4.74 Å². The molecule has 0 aromatic rings. The fourth-order valence-corrected chi connectivity index (χ4v) is 2.77. The summed E-state index contributed by atoms with van der Waals surface area (Å²) in [5.41, 5.74) is -0.348.